The molecule has 2 heterocycles. The Hall–Kier alpha value is -2.23. The topological polar surface area (TPSA) is 43.3 Å². The van der Waals surface area contributed by atoms with Gasteiger partial charge < -0.3 is 14.6 Å². The quantitative estimate of drug-likeness (QED) is 0.937. The van der Waals surface area contributed by atoms with Crippen LogP contribution in [-0.2, 0) is 6.42 Å². The van der Waals surface area contributed by atoms with Gasteiger partial charge in [0.1, 0.15) is 17.5 Å². The number of hydrogen-bond acceptors (Lipinski definition) is 2. The number of rotatable bonds is 3. The molecule has 1 unspecified atom stereocenters. The highest BCUT2D eigenvalue weighted by atomic mass is 16.5. The molecule has 4 heteroatoms. The van der Waals surface area contributed by atoms with Gasteiger partial charge in [-0.2, -0.15) is 0 Å². The molecule has 4 rings (SSSR count). The highest BCUT2D eigenvalue weighted by Crippen LogP contribution is 2.36. The average Bonchev–Trinajstić information content (AvgIpc) is 3.06. The van der Waals surface area contributed by atoms with Crippen LogP contribution in [0.15, 0.2) is 36.5 Å². The summed E-state index contributed by atoms with van der Waals surface area (Å²) in [7, 11) is 0. The third-order valence-corrected chi connectivity index (χ3v) is 4.11. The van der Waals surface area contributed by atoms with Crippen LogP contribution in [0.2, 0.25) is 0 Å². The molecule has 0 bridgehead atoms. The molecule has 4 nitrogen and oxygen atoms in total. The number of nitrogens with one attached hydrogen (secondary N) is 1. The fraction of sp³-hybridized carbons (Fsp3) is 0.353. The van der Waals surface area contributed by atoms with Crippen molar-refractivity contribution in [1.82, 2.24) is 4.57 Å². The summed E-state index contributed by atoms with van der Waals surface area (Å²) in [5.41, 5.74) is 2.74. The molecule has 0 radical (unpaired) electrons. The number of nitrogens with zero attached hydrogens (tertiary/aromatic N) is 1. The molecule has 0 spiro atoms. The molecule has 2 aromatic rings. The largest absolute Gasteiger partial charge is 0.490 e. The zero-order valence-corrected chi connectivity index (χ0v) is 12.0. The summed E-state index contributed by atoms with van der Waals surface area (Å²) >= 11 is 0. The molecule has 0 saturated heterocycles. The first-order valence-electron chi connectivity index (χ1n) is 7.48. The smallest absolute Gasteiger partial charge is 0.272 e. The van der Waals surface area contributed by atoms with Crippen LogP contribution in [0.1, 0.15) is 41.9 Å². The summed E-state index contributed by atoms with van der Waals surface area (Å²) in [5, 5.41) is 3.00. The van der Waals surface area contributed by atoms with Crippen LogP contribution < -0.4 is 10.1 Å². The van der Waals surface area contributed by atoms with Gasteiger partial charge in [-0.3, -0.25) is 4.79 Å². The molecule has 1 aromatic heterocycles. The van der Waals surface area contributed by atoms with E-state index in [1.165, 1.54) is 12.8 Å². The van der Waals surface area contributed by atoms with Crippen LogP contribution in [0.5, 0.6) is 5.75 Å². The van der Waals surface area contributed by atoms with Crippen LogP contribution in [-0.4, -0.2) is 16.6 Å². The Morgan fingerprint density at radius 2 is 2.19 bits per heavy atom. The molecule has 1 N–H and O–H groups in total. The fourth-order valence-corrected chi connectivity index (χ4v) is 2.95. The molecule has 1 amide bonds. The first-order chi connectivity index (χ1) is 10.2. The van der Waals surface area contributed by atoms with Crippen molar-refractivity contribution < 1.29 is 9.53 Å². The Kier molecular flexibility index (Phi) is 2.77. The molecular formula is C17H18N2O2. The second-order valence-electron chi connectivity index (χ2n) is 5.94. The van der Waals surface area contributed by atoms with Crippen LogP contribution in [0.4, 0.5) is 5.69 Å². The van der Waals surface area contributed by atoms with Crippen molar-refractivity contribution in [3.63, 3.8) is 0 Å². The first kappa shape index (κ1) is 12.5. The van der Waals surface area contributed by atoms with Crippen molar-refractivity contribution in [2.75, 3.05) is 5.32 Å². The van der Waals surface area contributed by atoms with E-state index in [2.05, 4.69) is 16.8 Å². The average molecular weight is 282 g/mol. The first-order valence-corrected chi connectivity index (χ1v) is 7.48. The molecule has 1 aromatic carbocycles. The van der Waals surface area contributed by atoms with Gasteiger partial charge in [-0.25, -0.2) is 0 Å². The minimum atomic E-state index is -0.0428. The van der Waals surface area contributed by atoms with Gasteiger partial charge in [-0.1, -0.05) is 0 Å². The summed E-state index contributed by atoms with van der Waals surface area (Å²) in [4.78, 5) is 12.4. The van der Waals surface area contributed by atoms with E-state index in [1.807, 2.05) is 36.5 Å². The predicted octanol–water partition coefficient (Wildman–Crippen LogP) is 3.40. The lowest BCUT2D eigenvalue weighted by Gasteiger charge is -2.09. The standard InChI is InChI=1S/C17H18N2O2/c1-11-9-12-10-13(4-7-16(12)21-11)18-17(20)15-3-2-8-19(15)14-5-6-14/h2-4,7-8,10-11,14H,5-6,9H2,1H3,(H,18,20). The normalized spacial score (nSPS) is 20.0. The van der Waals surface area contributed by atoms with Crippen molar-refractivity contribution >= 4 is 11.6 Å². The van der Waals surface area contributed by atoms with Crippen molar-refractivity contribution in [3.8, 4) is 5.75 Å². The lowest BCUT2D eigenvalue weighted by atomic mass is 10.1. The van der Waals surface area contributed by atoms with Crippen LogP contribution in [0, 0.1) is 0 Å². The second kappa shape index (κ2) is 4.65. The second-order valence-corrected chi connectivity index (χ2v) is 5.94. The number of benzene rings is 1. The molecule has 2 aliphatic rings. The summed E-state index contributed by atoms with van der Waals surface area (Å²) in [5.74, 6) is 0.890. The highest BCUT2D eigenvalue weighted by Gasteiger charge is 2.27. The van der Waals surface area contributed by atoms with Gasteiger partial charge in [-0.05, 0) is 55.7 Å². The summed E-state index contributed by atoms with van der Waals surface area (Å²) in [6.07, 6.45) is 5.45. The minimum Gasteiger partial charge on any atom is -0.490 e. The zero-order valence-electron chi connectivity index (χ0n) is 12.0. The van der Waals surface area contributed by atoms with Crippen molar-refractivity contribution in [1.29, 1.82) is 0 Å². The van der Waals surface area contributed by atoms with Crippen LogP contribution in [0.3, 0.4) is 0 Å². The van der Waals surface area contributed by atoms with Gasteiger partial charge in [0.2, 0.25) is 0 Å². The highest BCUT2D eigenvalue weighted by molar-refractivity contribution is 6.03. The molecule has 1 saturated carbocycles. The van der Waals surface area contributed by atoms with Gasteiger partial charge in [0.05, 0.1) is 0 Å². The lowest BCUT2D eigenvalue weighted by Crippen LogP contribution is -2.16. The fourth-order valence-electron chi connectivity index (χ4n) is 2.95. The Balaban J connectivity index is 1.54. The van der Waals surface area contributed by atoms with E-state index in [1.54, 1.807) is 0 Å². The van der Waals surface area contributed by atoms with Gasteiger partial charge in [0, 0.05) is 24.3 Å². The molecule has 1 fully saturated rings. The van der Waals surface area contributed by atoms with E-state index in [0.29, 0.717) is 6.04 Å². The van der Waals surface area contributed by atoms with E-state index < -0.39 is 0 Å². The molecule has 108 valence electrons. The number of hydrogen-bond donors (Lipinski definition) is 1. The Morgan fingerprint density at radius 3 is 3.00 bits per heavy atom. The number of carbonyl (C=O) groups is 1. The number of ether oxygens (including phenoxy) is 1. The maximum absolute atomic E-state index is 12.4. The van der Waals surface area contributed by atoms with Gasteiger partial charge >= 0.3 is 0 Å². The SMILES string of the molecule is CC1Cc2cc(NC(=O)c3cccn3C3CC3)ccc2O1. The molecule has 1 aliphatic carbocycles. The predicted molar refractivity (Wildman–Crippen MR) is 80.9 cm³/mol. The third-order valence-electron chi connectivity index (χ3n) is 4.11. The van der Waals surface area contributed by atoms with Crippen molar-refractivity contribution in [3.05, 3.63) is 47.8 Å². The Labute approximate surface area is 123 Å². The number of aromatic nitrogens is 1. The van der Waals surface area contributed by atoms with Crippen LogP contribution >= 0.6 is 0 Å². The van der Waals surface area contributed by atoms with Gasteiger partial charge in [0.25, 0.3) is 5.91 Å². The summed E-state index contributed by atoms with van der Waals surface area (Å²) in [6.45, 7) is 2.06. The maximum Gasteiger partial charge on any atom is 0.272 e. The zero-order chi connectivity index (χ0) is 14.4. The summed E-state index contributed by atoms with van der Waals surface area (Å²) < 4.78 is 7.76. The van der Waals surface area contributed by atoms with Crippen LogP contribution in [0.25, 0.3) is 0 Å². The molecular weight excluding hydrogens is 264 g/mol. The van der Waals surface area contributed by atoms with E-state index in [0.717, 1.165) is 29.1 Å². The maximum atomic E-state index is 12.4. The summed E-state index contributed by atoms with van der Waals surface area (Å²) in [6, 6.07) is 10.2. The lowest BCUT2D eigenvalue weighted by molar-refractivity contribution is 0.101. The Bertz CT molecular complexity index is 701. The molecule has 1 aliphatic heterocycles. The minimum absolute atomic E-state index is 0.0428. The van der Waals surface area contributed by atoms with E-state index >= 15 is 0 Å². The van der Waals surface area contributed by atoms with Gasteiger partial charge in [-0.15, -0.1) is 0 Å². The van der Waals surface area contributed by atoms with Crippen molar-refractivity contribution in [2.45, 2.75) is 38.3 Å². The van der Waals surface area contributed by atoms with E-state index in [-0.39, 0.29) is 12.0 Å². The number of anilines is 1. The van der Waals surface area contributed by atoms with E-state index in [9.17, 15) is 4.79 Å². The number of amides is 1. The number of fused-ring (bicyclic) bond motifs is 1. The third kappa shape index (κ3) is 2.31. The Morgan fingerprint density at radius 1 is 1.33 bits per heavy atom. The van der Waals surface area contributed by atoms with Gasteiger partial charge in [0.15, 0.2) is 0 Å². The molecule has 1 atom stereocenters. The molecule has 21 heavy (non-hydrogen) atoms. The monoisotopic (exact) mass is 282 g/mol. The van der Waals surface area contributed by atoms with E-state index in [4.69, 9.17) is 4.74 Å². The van der Waals surface area contributed by atoms with Crippen molar-refractivity contribution in [2.24, 2.45) is 0 Å². The number of carbonyl (C=O) groups excluding carboxylic acids is 1.